The van der Waals surface area contributed by atoms with Gasteiger partial charge in [0.2, 0.25) is 5.79 Å². The third-order valence-electron chi connectivity index (χ3n) is 3.73. The molecular formula is C18H16BrClO4. The van der Waals surface area contributed by atoms with Crippen molar-refractivity contribution in [3.63, 3.8) is 0 Å². The van der Waals surface area contributed by atoms with Gasteiger partial charge in [-0.3, -0.25) is 0 Å². The van der Waals surface area contributed by atoms with Crippen LogP contribution in [0.25, 0.3) is 0 Å². The predicted molar refractivity (Wildman–Crippen MR) is 94.5 cm³/mol. The summed E-state index contributed by atoms with van der Waals surface area (Å²) in [5, 5.41) is 1.11. The van der Waals surface area contributed by atoms with Crippen molar-refractivity contribution in [2.24, 2.45) is 0 Å². The molecule has 1 fully saturated rings. The van der Waals surface area contributed by atoms with Gasteiger partial charge in [-0.15, -0.1) is 0 Å². The van der Waals surface area contributed by atoms with E-state index in [1.807, 2.05) is 18.2 Å². The molecule has 0 saturated carbocycles. The van der Waals surface area contributed by atoms with Crippen molar-refractivity contribution in [3.05, 3.63) is 70.7 Å². The third kappa shape index (κ3) is 3.81. The second kappa shape index (κ2) is 7.66. The van der Waals surface area contributed by atoms with Gasteiger partial charge < -0.3 is 14.2 Å². The highest BCUT2D eigenvalue weighted by atomic mass is 79.9. The largest absolute Gasteiger partial charge is 0.459 e. The molecule has 2 atom stereocenters. The minimum atomic E-state index is -0.894. The highest BCUT2D eigenvalue weighted by Gasteiger charge is 2.42. The highest BCUT2D eigenvalue weighted by molar-refractivity contribution is 9.09. The maximum absolute atomic E-state index is 12.0. The van der Waals surface area contributed by atoms with E-state index >= 15 is 0 Å². The maximum Gasteiger partial charge on any atom is 0.338 e. The standard InChI is InChI=1S/C18H16BrClO4/c19-12-18(14-6-8-15(20)9-7-14)23-11-16(24-18)10-22-17(21)13-4-2-1-3-5-13/h1-9,16H,10-12H2/t16-,18-/m0/s1. The van der Waals surface area contributed by atoms with Gasteiger partial charge in [0.25, 0.3) is 0 Å². The number of carbonyl (C=O) groups excluding carboxylic acids is 1. The summed E-state index contributed by atoms with van der Waals surface area (Å²) in [7, 11) is 0. The minimum absolute atomic E-state index is 0.135. The van der Waals surface area contributed by atoms with Crippen molar-refractivity contribution >= 4 is 33.5 Å². The van der Waals surface area contributed by atoms with E-state index in [9.17, 15) is 4.79 Å². The Morgan fingerprint density at radius 3 is 2.58 bits per heavy atom. The Hall–Kier alpha value is -1.40. The lowest BCUT2D eigenvalue weighted by molar-refractivity contribution is -0.160. The monoisotopic (exact) mass is 410 g/mol. The average molecular weight is 412 g/mol. The molecule has 1 heterocycles. The number of hydrogen-bond acceptors (Lipinski definition) is 4. The lowest BCUT2D eigenvalue weighted by Crippen LogP contribution is -2.31. The van der Waals surface area contributed by atoms with Crippen LogP contribution in [0.15, 0.2) is 54.6 Å². The first-order chi connectivity index (χ1) is 11.6. The van der Waals surface area contributed by atoms with Gasteiger partial charge in [0.1, 0.15) is 12.7 Å². The zero-order valence-corrected chi connectivity index (χ0v) is 15.1. The van der Waals surface area contributed by atoms with E-state index in [2.05, 4.69) is 15.9 Å². The second-order valence-corrected chi connectivity index (χ2v) is 6.41. The molecule has 0 unspecified atom stereocenters. The van der Waals surface area contributed by atoms with Crippen molar-refractivity contribution in [1.82, 2.24) is 0 Å². The first-order valence-electron chi connectivity index (χ1n) is 7.49. The fraction of sp³-hybridized carbons (Fsp3) is 0.278. The lowest BCUT2D eigenvalue weighted by Gasteiger charge is -2.26. The van der Waals surface area contributed by atoms with Gasteiger partial charge >= 0.3 is 5.97 Å². The Morgan fingerprint density at radius 2 is 1.92 bits per heavy atom. The van der Waals surface area contributed by atoms with E-state index in [1.54, 1.807) is 36.4 Å². The first-order valence-corrected chi connectivity index (χ1v) is 8.99. The number of carbonyl (C=O) groups is 1. The second-order valence-electron chi connectivity index (χ2n) is 5.41. The van der Waals surface area contributed by atoms with E-state index in [0.29, 0.717) is 22.5 Å². The number of esters is 1. The molecule has 0 radical (unpaired) electrons. The Morgan fingerprint density at radius 1 is 1.21 bits per heavy atom. The summed E-state index contributed by atoms with van der Waals surface area (Å²) >= 11 is 9.37. The quantitative estimate of drug-likeness (QED) is 0.547. The van der Waals surface area contributed by atoms with Crippen molar-refractivity contribution in [2.75, 3.05) is 18.5 Å². The van der Waals surface area contributed by atoms with Crippen LogP contribution in [-0.2, 0) is 20.0 Å². The number of benzene rings is 2. The van der Waals surface area contributed by atoms with Gasteiger partial charge in [0.15, 0.2) is 0 Å². The predicted octanol–water partition coefficient (Wildman–Crippen LogP) is 4.16. The molecule has 24 heavy (non-hydrogen) atoms. The van der Waals surface area contributed by atoms with Gasteiger partial charge in [-0.2, -0.15) is 0 Å². The van der Waals surface area contributed by atoms with Gasteiger partial charge in [-0.25, -0.2) is 4.79 Å². The Bertz CT molecular complexity index is 692. The summed E-state index contributed by atoms with van der Waals surface area (Å²) in [6.07, 6.45) is -0.328. The summed E-state index contributed by atoms with van der Waals surface area (Å²) in [6, 6.07) is 16.2. The Kier molecular flexibility index (Phi) is 5.56. The van der Waals surface area contributed by atoms with E-state index in [4.69, 9.17) is 25.8 Å². The fourth-order valence-corrected chi connectivity index (χ4v) is 3.22. The van der Waals surface area contributed by atoms with Crippen LogP contribution in [0.5, 0.6) is 0 Å². The van der Waals surface area contributed by atoms with E-state index in [1.165, 1.54) is 0 Å². The molecule has 0 bridgehead atoms. The normalized spacial score (nSPS) is 23.2. The minimum Gasteiger partial charge on any atom is -0.459 e. The molecule has 0 spiro atoms. The maximum atomic E-state index is 12.0. The van der Waals surface area contributed by atoms with E-state index in [-0.39, 0.29) is 18.7 Å². The van der Waals surface area contributed by atoms with Crippen LogP contribution >= 0.6 is 27.5 Å². The number of hydrogen-bond donors (Lipinski definition) is 0. The molecule has 2 aromatic carbocycles. The van der Waals surface area contributed by atoms with Crippen LogP contribution < -0.4 is 0 Å². The summed E-state index contributed by atoms with van der Waals surface area (Å²) in [5.41, 5.74) is 1.38. The third-order valence-corrected chi connectivity index (χ3v) is 4.72. The van der Waals surface area contributed by atoms with Crippen LogP contribution in [0.4, 0.5) is 0 Å². The molecule has 0 aromatic heterocycles. The van der Waals surface area contributed by atoms with Crippen LogP contribution in [0, 0.1) is 0 Å². The molecular weight excluding hydrogens is 396 g/mol. The van der Waals surface area contributed by atoms with Crippen molar-refractivity contribution < 1.29 is 19.0 Å². The number of ether oxygens (including phenoxy) is 3. The van der Waals surface area contributed by atoms with Gasteiger partial charge in [-0.1, -0.05) is 57.9 Å². The van der Waals surface area contributed by atoms with Crippen LogP contribution in [0.2, 0.25) is 5.02 Å². The molecule has 0 amide bonds. The van der Waals surface area contributed by atoms with Crippen LogP contribution in [0.1, 0.15) is 15.9 Å². The number of alkyl halides is 1. The summed E-state index contributed by atoms with van der Waals surface area (Å²) < 4.78 is 17.2. The van der Waals surface area contributed by atoms with Gasteiger partial charge in [0.05, 0.1) is 17.5 Å². The Labute approximate surface area is 153 Å². The smallest absolute Gasteiger partial charge is 0.338 e. The zero-order chi connectivity index (χ0) is 17.0. The summed E-state index contributed by atoms with van der Waals surface area (Å²) in [4.78, 5) is 12.0. The molecule has 4 nitrogen and oxygen atoms in total. The molecule has 0 N–H and O–H groups in total. The summed E-state index contributed by atoms with van der Waals surface area (Å²) in [5.74, 6) is -1.27. The van der Waals surface area contributed by atoms with Crippen molar-refractivity contribution in [1.29, 1.82) is 0 Å². The van der Waals surface area contributed by atoms with Crippen LogP contribution in [-0.4, -0.2) is 30.6 Å². The molecule has 1 aliphatic heterocycles. The van der Waals surface area contributed by atoms with Crippen molar-refractivity contribution in [3.8, 4) is 0 Å². The summed E-state index contributed by atoms with van der Waals surface area (Å²) in [6.45, 7) is 0.479. The SMILES string of the molecule is O=C(OC[C@H]1CO[C@](CBr)(c2ccc(Cl)cc2)O1)c1ccccc1. The molecule has 126 valence electrons. The van der Waals surface area contributed by atoms with Crippen LogP contribution in [0.3, 0.4) is 0 Å². The molecule has 0 aliphatic carbocycles. The fourth-order valence-electron chi connectivity index (χ4n) is 2.48. The van der Waals surface area contributed by atoms with Gasteiger partial charge in [-0.05, 0) is 24.3 Å². The molecule has 1 aliphatic rings. The van der Waals surface area contributed by atoms with Gasteiger partial charge in [0, 0.05) is 10.6 Å². The average Bonchev–Trinajstić information content (AvgIpc) is 3.06. The topological polar surface area (TPSA) is 44.8 Å². The zero-order valence-electron chi connectivity index (χ0n) is 12.8. The highest BCUT2D eigenvalue weighted by Crippen LogP contribution is 2.36. The number of halogens is 2. The molecule has 1 saturated heterocycles. The Balaban J connectivity index is 1.62. The first kappa shape index (κ1) is 17.4. The van der Waals surface area contributed by atoms with E-state index in [0.717, 1.165) is 5.56 Å². The molecule has 2 aromatic rings. The molecule has 3 rings (SSSR count). The number of rotatable bonds is 5. The van der Waals surface area contributed by atoms with Crippen molar-refractivity contribution in [2.45, 2.75) is 11.9 Å². The molecule has 6 heteroatoms. The lowest BCUT2D eigenvalue weighted by atomic mass is 10.1. The van der Waals surface area contributed by atoms with E-state index < -0.39 is 5.79 Å².